The van der Waals surface area contributed by atoms with Gasteiger partial charge in [-0.1, -0.05) is 31.0 Å². The van der Waals surface area contributed by atoms with Crippen molar-refractivity contribution in [3.63, 3.8) is 0 Å². The van der Waals surface area contributed by atoms with Gasteiger partial charge in [-0.3, -0.25) is 9.59 Å². The number of rotatable bonds is 4. The first-order valence-corrected chi connectivity index (χ1v) is 11.5. The Morgan fingerprint density at radius 1 is 1.07 bits per heavy atom. The lowest BCUT2D eigenvalue weighted by molar-refractivity contribution is -0.139. The molecule has 2 amide bonds. The minimum absolute atomic E-state index is 0.165. The zero-order valence-corrected chi connectivity index (χ0v) is 17.2. The van der Waals surface area contributed by atoms with Gasteiger partial charge in [0.15, 0.2) is 0 Å². The summed E-state index contributed by atoms with van der Waals surface area (Å²) in [6, 6.07) is 8.59. The molecule has 0 radical (unpaired) electrons. The van der Waals surface area contributed by atoms with Crippen molar-refractivity contribution in [3.8, 4) is 5.75 Å². The molecule has 5 nitrogen and oxygen atoms in total. The summed E-state index contributed by atoms with van der Waals surface area (Å²) >= 11 is 0. The highest BCUT2D eigenvalue weighted by molar-refractivity contribution is 5.79. The molecule has 2 aliphatic heterocycles. The van der Waals surface area contributed by atoms with Gasteiger partial charge in [-0.25, -0.2) is 0 Å². The first kappa shape index (κ1) is 19.0. The second-order valence-corrected chi connectivity index (χ2v) is 9.58. The molecule has 1 aromatic rings. The number of fused-ring (bicyclic) bond motifs is 1. The molecule has 5 rings (SSSR count). The maximum atomic E-state index is 12.8. The van der Waals surface area contributed by atoms with Gasteiger partial charge in [0.25, 0.3) is 0 Å². The van der Waals surface area contributed by atoms with Gasteiger partial charge >= 0.3 is 0 Å². The molecule has 1 N–H and O–H groups in total. The van der Waals surface area contributed by atoms with Gasteiger partial charge in [0.2, 0.25) is 11.8 Å². The Morgan fingerprint density at radius 2 is 1.79 bits per heavy atom. The van der Waals surface area contributed by atoms with Crippen LogP contribution in [0.1, 0.15) is 75.7 Å². The largest absolute Gasteiger partial charge is 0.487 e. The van der Waals surface area contributed by atoms with Crippen LogP contribution in [0.4, 0.5) is 0 Å². The standard InChI is InChI=1S/C24H32N2O3/c27-22(25-19-9-10-19)15-18-16-24(29-21-8-4-3-7-20(18)21)11-13-26(14-12-24)23(28)17-5-1-2-6-17/h3-4,7-8,17-19H,1-2,5-6,9-16H2,(H,25,27)/t18-/m0/s1. The van der Waals surface area contributed by atoms with Crippen molar-refractivity contribution in [1.29, 1.82) is 0 Å². The van der Waals surface area contributed by atoms with Crippen LogP contribution in [0, 0.1) is 5.92 Å². The summed E-state index contributed by atoms with van der Waals surface area (Å²) in [7, 11) is 0. The smallest absolute Gasteiger partial charge is 0.225 e. The van der Waals surface area contributed by atoms with Crippen LogP contribution >= 0.6 is 0 Å². The maximum absolute atomic E-state index is 12.8. The monoisotopic (exact) mass is 396 g/mol. The van der Waals surface area contributed by atoms with E-state index in [1.54, 1.807) is 0 Å². The third-order valence-electron chi connectivity index (χ3n) is 7.37. The Kier molecular flexibility index (Phi) is 5.00. The first-order valence-electron chi connectivity index (χ1n) is 11.5. The van der Waals surface area contributed by atoms with Gasteiger partial charge in [0.1, 0.15) is 11.4 Å². The Labute approximate surface area is 173 Å². The number of carbonyl (C=O) groups is 2. The number of amides is 2. The number of piperidine rings is 1. The minimum atomic E-state index is -0.245. The molecule has 0 aromatic heterocycles. The summed E-state index contributed by atoms with van der Waals surface area (Å²) in [4.78, 5) is 27.4. The molecule has 1 saturated heterocycles. The van der Waals surface area contributed by atoms with Gasteiger partial charge < -0.3 is 15.0 Å². The highest BCUT2D eigenvalue weighted by Crippen LogP contribution is 2.46. The zero-order valence-electron chi connectivity index (χ0n) is 17.2. The first-order chi connectivity index (χ1) is 14.1. The topological polar surface area (TPSA) is 58.6 Å². The van der Waals surface area contributed by atoms with E-state index in [0.717, 1.165) is 69.3 Å². The van der Waals surface area contributed by atoms with Crippen molar-refractivity contribution in [2.45, 2.75) is 81.8 Å². The molecule has 2 aliphatic carbocycles. The third kappa shape index (κ3) is 4.01. The van der Waals surface area contributed by atoms with E-state index in [1.807, 2.05) is 18.2 Å². The van der Waals surface area contributed by atoms with Crippen molar-refractivity contribution in [2.75, 3.05) is 13.1 Å². The summed E-state index contributed by atoms with van der Waals surface area (Å²) in [6.07, 6.45) is 9.86. The maximum Gasteiger partial charge on any atom is 0.225 e. The Hall–Kier alpha value is -2.04. The molecule has 1 aromatic carbocycles. The van der Waals surface area contributed by atoms with Crippen molar-refractivity contribution >= 4 is 11.8 Å². The van der Waals surface area contributed by atoms with Gasteiger partial charge in [-0.15, -0.1) is 0 Å². The number of carbonyl (C=O) groups excluding carboxylic acids is 2. The normalized spacial score (nSPS) is 26.1. The molecule has 29 heavy (non-hydrogen) atoms. The van der Waals surface area contributed by atoms with Crippen molar-refractivity contribution in [1.82, 2.24) is 10.2 Å². The molecule has 2 saturated carbocycles. The molecule has 4 aliphatic rings. The molecule has 0 unspecified atom stereocenters. The van der Waals surface area contributed by atoms with E-state index < -0.39 is 0 Å². The number of benzene rings is 1. The van der Waals surface area contributed by atoms with E-state index in [9.17, 15) is 9.59 Å². The number of para-hydroxylation sites is 1. The van der Waals surface area contributed by atoms with Crippen LogP contribution in [-0.2, 0) is 9.59 Å². The predicted octanol–water partition coefficient (Wildman–Crippen LogP) is 3.77. The van der Waals surface area contributed by atoms with Crippen LogP contribution in [0.25, 0.3) is 0 Å². The Morgan fingerprint density at radius 3 is 2.52 bits per heavy atom. The van der Waals surface area contributed by atoms with Crippen molar-refractivity contribution in [2.24, 2.45) is 5.92 Å². The van der Waals surface area contributed by atoms with E-state index in [2.05, 4.69) is 16.3 Å². The van der Waals surface area contributed by atoms with Crippen LogP contribution in [-0.4, -0.2) is 41.4 Å². The molecule has 156 valence electrons. The molecule has 2 heterocycles. The molecule has 0 bridgehead atoms. The molecule has 5 heteroatoms. The third-order valence-corrected chi connectivity index (χ3v) is 7.37. The van der Waals surface area contributed by atoms with E-state index in [-0.39, 0.29) is 23.3 Å². The number of nitrogens with one attached hydrogen (secondary N) is 1. The summed E-state index contributed by atoms with van der Waals surface area (Å²) in [6.45, 7) is 1.55. The highest BCUT2D eigenvalue weighted by atomic mass is 16.5. The number of nitrogens with zero attached hydrogens (tertiary/aromatic N) is 1. The number of likely N-dealkylation sites (tertiary alicyclic amines) is 1. The summed E-state index contributed by atoms with van der Waals surface area (Å²) < 4.78 is 6.55. The Bertz CT molecular complexity index is 774. The van der Waals surface area contributed by atoms with Crippen LogP contribution in [0.5, 0.6) is 5.75 Å². The number of hydrogen-bond donors (Lipinski definition) is 1. The van der Waals surface area contributed by atoms with Gasteiger partial charge in [-0.05, 0) is 43.7 Å². The summed E-state index contributed by atoms with van der Waals surface area (Å²) in [5.74, 6) is 1.89. The van der Waals surface area contributed by atoms with E-state index in [1.165, 1.54) is 12.8 Å². The lowest BCUT2D eigenvalue weighted by Gasteiger charge is -2.47. The molecule has 3 fully saturated rings. The lowest BCUT2D eigenvalue weighted by Crippen LogP contribution is -2.52. The van der Waals surface area contributed by atoms with Crippen LogP contribution < -0.4 is 10.1 Å². The number of ether oxygens (including phenoxy) is 1. The van der Waals surface area contributed by atoms with Crippen molar-refractivity contribution < 1.29 is 14.3 Å². The fourth-order valence-corrected chi connectivity index (χ4v) is 5.54. The van der Waals surface area contributed by atoms with Crippen molar-refractivity contribution in [3.05, 3.63) is 29.8 Å². The highest BCUT2D eigenvalue weighted by Gasteiger charge is 2.45. The van der Waals surface area contributed by atoms with Crippen LogP contribution in [0.3, 0.4) is 0 Å². The van der Waals surface area contributed by atoms with E-state index >= 15 is 0 Å². The lowest BCUT2D eigenvalue weighted by atomic mass is 9.76. The fourth-order valence-electron chi connectivity index (χ4n) is 5.54. The summed E-state index contributed by atoms with van der Waals surface area (Å²) in [5.41, 5.74) is 0.916. The van der Waals surface area contributed by atoms with Gasteiger partial charge in [0, 0.05) is 50.2 Å². The quantitative estimate of drug-likeness (QED) is 0.843. The molecular weight excluding hydrogens is 364 g/mol. The predicted molar refractivity (Wildman–Crippen MR) is 111 cm³/mol. The van der Waals surface area contributed by atoms with Crippen LogP contribution in [0.15, 0.2) is 24.3 Å². The second kappa shape index (κ2) is 7.66. The van der Waals surface area contributed by atoms with E-state index in [0.29, 0.717) is 18.4 Å². The minimum Gasteiger partial charge on any atom is -0.487 e. The fraction of sp³-hybridized carbons (Fsp3) is 0.667. The molecular formula is C24H32N2O3. The molecule has 1 atom stereocenters. The average Bonchev–Trinajstić information content (AvgIpc) is 3.36. The average molecular weight is 397 g/mol. The SMILES string of the molecule is O=C(C[C@H]1CC2(CCN(C(=O)C3CCCC3)CC2)Oc2ccccc21)NC1CC1. The zero-order chi connectivity index (χ0) is 19.8. The summed E-state index contributed by atoms with van der Waals surface area (Å²) in [5, 5.41) is 3.14. The second-order valence-electron chi connectivity index (χ2n) is 9.58. The number of hydrogen-bond acceptors (Lipinski definition) is 3. The molecule has 1 spiro atoms. The van der Waals surface area contributed by atoms with Gasteiger partial charge in [-0.2, -0.15) is 0 Å². The Balaban J connectivity index is 1.28. The van der Waals surface area contributed by atoms with Crippen LogP contribution in [0.2, 0.25) is 0 Å². The van der Waals surface area contributed by atoms with Gasteiger partial charge in [0.05, 0.1) is 0 Å². The van der Waals surface area contributed by atoms with E-state index in [4.69, 9.17) is 4.74 Å².